The van der Waals surface area contributed by atoms with E-state index >= 15 is 0 Å². The second-order valence-corrected chi connectivity index (χ2v) is 8.41. The number of thiophene rings is 1. The Bertz CT molecular complexity index is 1220. The molecule has 11 heteroatoms. The van der Waals surface area contributed by atoms with Crippen molar-refractivity contribution in [2.75, 3.05) is 18.0 Å². The number of aromatic nitrogens is 3. The number of hydrogen-bond acceptors (Lipinski definition) is 5. The van der Waals surface area contributed by atoms with Crippen molar-refractivity contribution in [1.82, 2.24) is 14.5 Å². The number of benzene rings is 1. The Morgan fingerprint density at radius 1 is 1.12 bits per heavy atom. The molecule has 0 aliphatic carbocycles. The lowest BCUT2D eigenvalue weighted by molar-refractivity contribution is -0.134. The zero-order valence-electron chi connectivity index (χ0n) is 16.7. The van der Waals surface area contributed by atoms with Crippen molar-refractivity contribution < 1.29 is 22.0 Å². The van der Waals surface area contributed by atoms with Crippen LogP contribution in [0.5, 0.6) is 0 Å². The Balaban J connectivity index is 1.54. The first kappa shape index (κ1) is 22.1. The number of anilines is 1. The lowest BCUT2D eigenvalue weighted by Crippen LogP contribution is -2.39. The predicted molar refractivity (Wildman–Crippen MR) is 111 cm³/mol. The third-order valence-electron chi connectivity index (χ3n) is 5.04. The third-order valence-corrected chi connectivity index (χ3v) is 6.16. The van der Waals surface area contributed by atoms with Crippen LogP contribution < -0.4 is 10.6 Å². The van der Waals surface area contributed by atoms with Crippen LogP contribution in [-0.4, -0.2) is 33.8 Å². The molecule has 32 heavy (non-hydrogen) atoms. The minimum absolute atomic E-state index is 0.0444. The minimum Gasteiger partial charge on any atom is -0.334 e. The summed E-state index contributed by atoms with van der Waals surface area (Å²) >= 11 is 0.552. The van der Waals surface area contributed by atoms with Gasteiger partial charge in [-0.05, 0) is 42.3 Å². The number of alkyl halides is 4. The van der Waals surface area contributed by atoms with Crippen molar-refractivity contribution >= 4 is 22.9 Å². The second-order valence-electron chi connectivity index (χ2n) is 7.24. The molecule has 5 nitrogen and oxygen atoms in total. The van der Waals surface area contributed by atoms with E-state index in [1.165, 1.54) is 39.8 Å². The summed E-state index contributed by atoms with van der Waals surface area (Å²) in [6.07, 6.45) is -4.20. The van der Waals surface area contributed by atoms with Crippen LogP contribution in [0.3, 0.4) is 0 Å². The van der Waals surface area contributed by atoms with Crippen LogP contribution in [-0.2, 0) is 12.7 Å². The largest absolute Gasteiger partial charge is 0.425 e. The molecule has 3 heterocycles. The van der Waals surface area contributed by atoms with Gasteiger partial charge in [0, 0.05) is 11.4 Å². The van der Waals surface area contributed by atoms with Crippen molar-refractivity contribution in [2.45, 2.75) is 25.8 Å². The number of hydrogen-bond donors (Lipinski definition) is 0. The molecule has 1 atom stereocenters. The van der Waals surface area contributed by atoms with Crippen molar-refractivity contribution in [3.8, 4) is 0 Å². The Morgan fingerprint density at radius 3 is 2.44 bits per heavy atom. The normalized spacial score (nSPS) is 16.9. The van der Waals surface area contributed by atoms with Crippen LogP contribution in [0.15, 0.2) is 47.3 Å². The van der Waals surface area contributed by atoms with Crippen molar-refractivity contribution in [1.29, 1.82) is 0 Å². The van der Waals surface area contributed by atoms with Gasteiger partial charge in [-0.3, -0.25) is 4.57 Å². The zero-order valence-corrected chi connectivity index (χ0v) is 17.6. The molecular weight excluding hydrogens is 451 g/mol. The van der Waals surface area contributed by atoms with E-state index in [1.807, 2.05) is 0 Å². The van der Waals surface area contributed by atoms with Crippen LogP contribution in [0.2, 0.25) is 0 Å². The van der Waals surface area contributed by atoms with E-state index in [-0.39, 0.29) is 31.4 Å². The maximum atomic E-state index is 14.8. The third kappa shape index (κ3) is 4.57. The van der Waals surface area contributed by atoms with Gasteiger partial charge in [0.05, 0.1) is 13.1 Å². The zero-order chi connectivity index (χ0) is 23.0. The van der Waals surface area contributed by atoms with E-state index in [2.05, 4.69) is 9.97 Å². The smallest absolute Gasteiger partial charge is 0.334 e. The van der Waals surface area contributed by atoms with Gasteiger partial charge >= 0.3 is 11.9 Å². The van der Waals surface area contributed by atoms with Crippen LogP contribution in [0.1, 0.15) is 21.1 Å². The van der Waals surface area contributed by atoms with Crippen LogP contribution in [0.4, 0.5) is 27.9 Å². The molecule has 1 aliphatic heterocycles. The van der Waals surface area contributed by atoms with Gasteiger partial charge in [-0.1, -0.05) is 18.2 Å². The number of aryl methyl sites for hydroxylation is 1. The van der Waals surface area contributed by atoms with Crippen LogP contribution >= 0.6 is 11.3 Å². The van der Waals surface area contributed by atoms with Gasteiger partial charge in [-0.15, -0.1) is 11.3 Å². The first-order valence-corrected chi connectivity index (χ1v) is 10.4. The van der Waals surface area contributed by atoms with Gasteiger partial charge in [-0.25, -0.2) is 13.6 Å². The summed E-state index contributed by atoms with van der Waals surface area (Å²) in [5.41, 5.74) is 0.308. The summed E-state index contributed by atoms with van der Waals surface area (Å²) in [6.45, 7) is 1.61. The Kier molecular flexibility index (Phi) is 5.85. The standard InChI is InChI=1S/C21H17F5N4OS/c1-12-27-19(28-20(31)30(12)10-15-6-7-18(32-15)21(24,25)26)29-9-8-16(17(23)11-29)13-2-4-14(22)5-3-13/h2-8,17H,9-11H2,1H3. The molecular formula is C21H17F5N4OS. The molecule has 168 valence electrons. The molecule has 3 aromatic rings. The summed E-state index contributed by atoms with van der Waals surface area (Å²) in [6, 6.07) is 7.79. The van der Waals surface area contributed by atoms with Crippen molar-refractivity contribution in [3.05, 3.63) is 79.9 Å². The van der Waals surface area contributed by atoms with Crippen LogP contribution in [0.25, 0.3) is 5.57 Å². The quantitative estimate of drug-likeness (QED) is 0.531. The van der Waals surface area contributed by atoms with Gasteiger partial charge in [0.2, 0.25) is 5.95 Å². The highest BCUT2D eigenvalue weighted by atomic mass is 32.1. The molecule has 0 radical (unpaired) electrons. The molecule has 0 amide bonds. The average molecular weight is 468 g/mol. The molecule has 0 spiro atoms. The number of rotatable bonds is 4. The van der Waals surface area contributed by atoms with Gasteiger partial charge in [-0.2, -0.15) is 23.1 Å². The number of halogens is 5. The Labute approximate surface area is 183 Å². The van der Waals surface area contributed by atoms with Gasteiger partial charge in [0.1, 0.15) is 22.7 Å². The fourth-order valence-corrected chi connectivity index (χ4v) is 4.28. The molecule has 0 saturated carbocycles. The van der Waals surface area contributed by atoms with Crippen molar-refractivity contribution in [2.24, 2.45) is 0 Å². The van der Waals surface area contributed by atoms with E-state index < -0.39 is 28.7 Å². The minimum atomic E-state index is -4.44. The van der Waals surface area contributed by atoms with Crippen LogP contribution in [0, 0.1) is 12.7 Å². The fourth-order valence-electron chi connectivity index (χ4n) is 3.42. The van der Waals surface area contributed by atoms with Gasteiger partial charge in [0.25, 0.3) is 0 Å². The lowest BCUT2D eigenvalue weighted by Gasteiger charge is -2.29. The molecule has 0 saturated heterocycles. The molecule has 1 unspecified atom stereocenters. The van der Waals surface area contributed by atoms with Crippen molar-refractivity contribution in [3.63, 3.8) is 0 Å². The first-order chi connectivity index (χ1) is 15.1. The molecule has 1 aliphatic rings. The maximum absolute atomic E-state index is 14.8. The fraction of sp³-hybridized carbons (Fsp3) is 0.286. The molecule has 4 rings (SSSR count). The van der Waals surface area contributed by atoms with Gasteiger partial charge in [0.15, 0.2) is 0 Å². The summed E-state index contributed by atoms with van der Waals surface area (Å²) < 4.78 is 67.5. The molecule has 0 bridgehead atoms. The summed E-state index contributed by atoms with van der Waals surface area (Å²) in [4.78, 5) is 21.8. The van der Waals surface area contributed by atoms with Gasteiger partial charge < -0.3 is 4.90 Å². The summed E-state index contributed by atoms with van der Waals surface area (Å²) in [5, 5.41) is 0. The average Bonchev–Trinajstić information content (AvgIpc) is 3.21. The first-order valence-electron chi connectivity index (χ1n) is 9.58. The monoisotopic (exact) mass is 468 g/mol. The highest BCUT2D eigenvalue weighted by molar-refractivity contribution is 7.12. The SMILES string of the molecule is Cc1nc(N2CC=C(c3ccc(F)cc3)C(F)C2)nc(=O)n1Cc1ccc(C(F)(F)F)s1. The Hall–Kier alpha value is -3.08. The van der Waals surface area contributed by atoms with E-state index in [9.17, 15) is 26.7 Å². The lowest BCUT2D eigenvalue weighted by atomic mass is 9.98. The maximum Gasteiger partial charge on any atom is 0.425 e. The highest BCUT2D eigenvalue weighted by Gasteiger charge is 2.32. The predicted octanol–water partition coefficient (Wildman–Crippen LogP) is 4.46. The summed E-state index contributed by atoms with van der Waals surface area (Å²) in [7, 11) is 0. The van der Waals surface area contributed by atoms with E-state index in [0.717, 1.165) is 6.07 Å². The van der Waals surface area contributed by atoms with E-state index in [1.54, 1.807) is 13.0 Å². The molecule has 0 N–H and O–H groups in total. The molecule has 1 aromatic carbocycles. The highest BCUT2D eigenvalue weighted by Crippen LogP contribution is 2.34. The molecule has 2 aromatic heterocycles. The second kappa shape index (κ2) is 8.45. The summed E-state index contributed by atoms with van der Waals surface area (Å²) in [5.74, 6) is -0.113. The topological polar surface area (TPSA) is 51.0 Å². The molecule has 0 fully saturated rings. The number of nitrogens with zero attached hydrogens (tertiary/aromatic N) is 4. The van der Waals surface area contributed by atoms with E-state index in [0.29, 0.717) is 27.4 Å². The van der Waals surface area contributed by atoms with E-state index in [4.69, 9.17) is 0 Å². The Morgan fingerprint density at radius 2 is 1.84 bits per heavy atom.